The lowest BCUT2D eigenvalue weighted by Crippen LogP contribution is -2.46. The number of amides is 2. The zero-order valence-electron chi connectivity index (χ0n) is 24.6. The van der Waals surface area contributed by atoms with Crippen molar-refractivity contribution < 1.29 is 55.7 Å². The minimum Gasteiger partial charge on any atom is -0.475 e. The van der Waals surface area contributed by atoms with E-state index in [0.717, 1.165) is 48.1 Å². The zero-order chi connectivity index (χ0) is 34.7. The molecule has 0 spiro atoms. The van der Waals surface area contributed by atoms with Gasteiger partial charge in [-0.25, -0.2) is 9.59 Å². The first-order valence-electron chi connectivity index (χ1n) is 13.6. The molecule has 250 valence electrons. The zero-order valence-corrected chi connectivity index (χ0v) is 24.6. The highest BCUT2D eigenvalue weighted by Gasteiger charge is 2.38. The van der Waals surface area contributed by atoms with Gasteiger partial charge < -0.3 is 26.2 Å². The molecule has 16 heteroatoms. The number of carboxylic acids is 2. The summed E-state index contributed by atoms with van der Waals surface area (Å²) in [5.74, 6) is -5.73. The van der Waals surface area contributed by atoms with Crippen molar-refractivity contribution in [3.8, 4) is 0 Å². The molecule has 1 atom stereocenters. The summed E-state index contributed by atoms with van der Waals surface area (Å²) in [4.78, 5) is 45.5. The van der Waals surface area contributed by atoms with Gasteiger partial charge in [-0.05, 0) is 47.9 Å². The largest absolute Gasteiger partial charge is 0.490 e. The molecule has 5 N–H and O–H groups in total. The lowest BCUT2D eigenvalue weighted by atomic mass is 9.99. The second kappa shape index (κ2) is 16.6. The van der Waals surface area contributed by atoms with Gasteiger partial charge >= 0.3 is 24.3 Å². The molecule has 4 rings (SSSR count). The van der Waals surface area contributed by atoms with Crippen molar-refractivity contribution >= 4 is 40.2 Å². The molecule has 0 unspecified atom stereocenters. The van der Waals surface area contributed by atoms with Crippen molar-refractivity contribution in [2.75, 3.05) is 38.0 Å². The number of benzene rings is 3. The number of alkyl halides is 6. The molecule has 1 aliphatic heterocycles. The Hall–Kier alpha value is -4.70. The molecule has 10 nitrogen and oxygen atoms in total. The molecule has 1 aliphatic rings. The number of rotatable bonds is 6. The Balaban J connectivity index is 0.000000440. The molecule has 3 aromatic carbocycles. The van der Waals surface area contributed by atoms with Gasteiger partial charge in [-0.1, -0.05) is 48.5 Å². The molecule has 46 heavy (non-hydrogen) atoms. The third kappa shape index (κ3) is 12.0. The SMILES string of the molecule is Cc1ccc(NC(=O)CN2CCNCC2)cc1C(=O)N[C@H](C)c1cccc2ccccc12.O=C(O)C(F)(F)F.O=C(O)C(F)(F)F. The molecule has 0 bridgehead atoms. The summed E-state index contributed by atoms with van der Waals surface area (Å²) in [6.45, 7) is 7.78. The number of aliphatic carboxylic acids is 2. The van der Waals surface area contributed by atoms with E-state index in [9.17, 15) is 35.9 Å². The highest BCUT2D eigenvalue weighted by Crippen LogP contribution is 2.25. The van der Waals surface area contributed by atoms with E-state index >= 15 is 0 Å². The number of piperazine rings is 1. The smallest absolute Gasteiger partial charge is 0.475 e. The maximum absolute atomic E-state index is 13.1. The van der Waals surface area contributed by atoms with Gasteiger partial charge in [0.2, 0.25) is 5.91 Å². The summed E-state index contributed by atoms with van der Waals surface area (Å²) in [5, 5.41) is 25.9. The molecule has 1 saturated heterocycles. The minimum atomic E-state index is -5.08. The van der Waals surface area contributed by atoms with Crippen molar-refractivity contribution in [1.82, 2.24) is 15.5 Å². The first-order valence-corrected chi connectivity index (χ1v) is 13.6. The molecule has 0 aliphatic carbocycles. The lowest BCUT2D eigenvalue weighted by molar-refractivity contribution is -0.193. The van der Waals surface area contributed by atoms with Gasteiger partial charge in [0.15, 0.2) is 0 Å². The number of carboxylic acid groups (broad SMARTS) is 2. The Bertz CT molecular complexity index is 1490. The van der Waals surface area contributed by atoms with Crippen LogP contribution < -0.4 is 16.0 Å². The van der Waals surface area contributed by atoms with E-state index in [-0.39, 0.29) is 17.9 Å². The molecule has 2 amide bonds. The highest BCUT2D eigenvalue weighted by molar-refractivity contribution is 5.99. The van der Waals surface area contributed by atoms with Crippen molar-refractivity contribution in [3.63, 3.8) is 0 Å². The molecular weight excluding hydrogens is 626 g/mol. The number of nitrogens with one attached hydrogen (secondary N) is 3. The van der Waals surface area contributed by atoms with Crippen LogP contribution >= 0.6 is 0 Å². The van der Waals surface area contributed by atoms with Crippen LogP contribution in [0.5, 0.6) is 0 Å². The number of hydrogen-bond acceptors (Lipinski definition) is 6. The van der Waals surface area contributed by atoms with E-state index in [2.05, 4.69) is 39.0 Å². The number of fused-ring (bicyclic) bond motifs is 1. The fourth-order valence-corrected chi connectivity index (χ4v) is 4.20. The number of halogens is 6. The fraction of sp³-hybridized carbons (Fsp3) is 0.333. The summed E-state index contributed by atoms with van der Waals surface area (Å²) in [6.07, 6.45) is -10.2. The van der Waals surface area contributed by atoms with Crippen molar-refractivity contribution in [3.05, 3.63) is 77.4 Å². The molecule has 0 radical (unpaired) electrons. The molecule has 1 heterocycles. The number of carbonyl (C=O) groups is 4. The Morgan fingerprint density at radius 2 is 1.41 bits per heavy atom. The average Bonchev–Trinajstić information content (AvgIpc) is 2.98. The second-order valence-electron chi connectivity index (χ2n) is 9.97. The van der Waals surface area contributed by atoms with E-state index in [1.807, 2.05) is 50.2 Å². The van der Waals surface area contributed by atoms with Gasteiger partial charge in [0.1, 0.15) is 0 Å². The number of hydrogen-bond donors (Lipinski definition) is 5. The Kier molecular flexibility index (Phi) is 13.5. The normalized spacial score (nSPS) is 14.1. The van der Waals surface area contributed by atoms with E-state index in [4.69, 9.17) is 19.8 Å². The number of nitrogens with zero attached hydrogens (tertiary/aromatic N) is 1. The van der Waals surface area contributed by atoms with Gasteiger partial charge in [0.05, 0.1) is 12.6 Å². The van der Waals surface area contributed by atoms with Crippen molar-refractivity contribution in [2.45, 2.75) is 32.2 Å². The van der Waals surface area contributed by atoms with Crippen LogP contribution in [0.3, 0.4) is 0 Å². The van der Waals surface area contributed by atoms with Crippen molar-refractivity contribution in [2.24, 2.45) is 0 Å². The van der Waals surface area contributed by atoms with Crippen LogP contribution in [0.1, 0.15) is 34.5 Å². The summed E-state index contributed by atoms with van der Waals surface area (Å²) in [5.41, 5.74) is 3.15. The van der Waals surface area contributed by atoms with Gasteiger partial charge in [0, 0.05) is 37.4 Å². The standard InChI is InChI=1S/C26H30N4O2.2C2HF3O2/c1-18-10-11-21(29-25(31)17-30-14-12-27-13-15-30)16-24(18)26(32)28-19(2)22-9-5-7-20-6-3-4-8-23(20)22;2*3-2(4,5)1(6)7/h3-11,16,19,27H,12-15,17H2,1-2H3,(H,28,32)(H,29,31);2*(H,6,7)/t19-;;/m1../s1. The Morgan fingerprint density at radius 1 is 0.870 bits per heavy atom. The summed E-state index contributed by atoms with van der Waals surface area (Å²) in [6, 6.07) is 19.6. The average molecular weight is 659 g/mol. The molecule has 3 aromatic rings. The third-order valence-corrected chi connectivity index (χ3v) is 6.47. The number of anilines is 1. The number of carbonyl (C=O) groups excluding carboxylic acids is 2. The van der Waals surface area contributed by atoms with E-state index in [1.54, 1.807) is 6.07 Å². The van der Waals surface area contributed by atoms with Crippen LogP contribution in [0.15, 0.2) is 60.7 Å². The predicted molar refractivity (Wildman–Crippen MR) is 156 cm³/mol. The Morgan fingerprint density at radius 3 is 1.98 bits per heavy atom. The summed E-state index contributed by atoms with van der Waals surface area (Å²) >= 11 is 0. The van der Waals surface area contributed by atoms with Gasteiger partial charge in [-0.2, -0.15) is 26.3 Å². The van der Waals surface area contributed by atoms with E-state index < -0.39 is 24.3 Å². The van der Waals surface area contributed by atoms with Gasteiger partial charge in [-0.3, -0.25) is 14.5 Å². The van der Waals surface area contributed by atoms with Crippen LogP contribution in [0.4, 0.5) is 32.0 Å². The molecule has 0 saturated carbocycles. The molecular formula is C30H32F6N4O6. The highest BCUT2D eigenvalue weighted by atomic mass is 19.4. The summed E-state index contributed by atoms with van der Waals surface area (Å²) in [7, 11) is 0. The molecule has 1 fully saturated rings. The van der Waals surface area contributed by atoms with Gasteiger partial charge in [0.25, 0.3) is 5.91 Å². The van der Waals surface area contributed by atoms with Crippen LogP contribution in [-0.4, -0.2) is 83.9 Å². The molecule has 0 aromatic heterocycles. The topological polar surface area (TPSA) is 148 Å². The van der Waals surface area contributed by atoms with Crippen molar-refractivity contribution in [1.29, 1.82) is 0 Å². The van der Waals surface area contributed by atoms with Crippen LogP contribution in [0.2, 0.25) is 0 Å². The minimum absolute atomic E-state index is 0.0637. The van der Waals surface area contributed by atoms with Crippen LogP contribution in [0, 0.1) is 6.92 Å². The second-order valence-corrected chi connectivity index (χ2v) is 9.97. The predicted octanol–water partition coefficient (Wildman–Crippen LogP) is 4.75. The van der Waals surface area contributed by atoms with E-state index in [1.165, 1.54) is 0 Å². The van der Waals surface area contributed by atoms with Crippen LogP contribution in [0.25, 0.3) is 10.8 Å². The van der Waals surface area contributed by atoms with Gasteiger partial charge in [-0.15, -0.1) is 0 Å². The number of aryl methyl sites for hydroxylation is 1. The lowest BCUT2D eigenvalue weighted by Gasteiger charge is -2.26. The Labute approximate surface area is 259 Å². The monoisotopic (exact) mass is 658 g/mol. The van der Waals surface area contributed by atoms with E-state index in [0.29, 0.717) is 17.8 Å². The third-order valence-electron chi connectivity index (χ3n) is 6.47. The maximum Gasteiger partial charge on any atom is 0.490 e. The fourth-order valence-electron chi connectivity index (χ4n) is 4.20. The van der Waals surface area contributed by atoms with Crippen LogP contribution in [-0.2, 0) is 14.4 Å². The first-order chi connectivity index (χ1) is 21.4. The first kappa shape index (κ1) is 37.5. The maximum atomic E-state index is 13.1. The quantitative estimate of drug-likeness (QED) is 0.239. The summed E-state index contributed by atoms with van der Waals surface area (Å²) < 4.78 is 63.5.